The molecule has 0 bridgehead atoms. The van der Waals surface area contributed by atoms with Crippen molar-refractivity contribution in [2.75, 3.05) is 6.54 Å². The monoisotopic (exact) mass is 319 g/mol. The number of amides is 1. The van der Waals surface area contributed by atoms with Crippen LogP contribution in [-0.2, 0) is 6.42 Å². The number of imidazole rings is 1. The molecule has 1 amide bonds. The van der Waals surface area contributed by atoms with E-state index in [0.717, 1.165) is 22.8 Å². The lowest BCUT2D eigenvalue weighted by molar-refractivity contribution is 0.0954. The molecule has 0 saturated heterocycles. The second kappa shape index (κ2) is 7.13. The number of benzene rings is 2. The minimum Gasteiger partial charge on any atom is -0.352 e. The maximum atomic E-state index is 12.1. The predicted molar refractivity (Wildman–Crippen MR) is 95.5 cm³/mol. The standard InChI is InChI=1S/C20H21N3O/c1-15-8-10-17(11-9-15)20(24)21-13-12-18-14-23(16(2)22-18)19-6-4-3-5-7-19/h3-11,14H,12-13H2,1-2H3,(H,21,24). The quantitative estimate of drug-likeness (QED) is 0.783. The molecule has 4 nitrogen and oxygen atoms in total. The van der Waals surface area contributed by atoms with Gasteiger partial charge in [-0.2, -0.15) is 0 Å². The van der Waals surface area contributed by atoms with Crippen LogP contribution in [0.5, 0.6) is 0 Å². The molecule has 0 aliphatic rings. The van der Waals surface area contributed by atoms with Crippen molar-refractivity contribution in [2.45, 2.75) is 20.3 Å². The fourth-order valence-electron chi connectivity index (χ4n) is 2.61. The number of aryl methyl sites for hydroxylation is 2. The first kappa shape index (κ1) is 16.0. The third-order valence-electron chi connectivity index (χ3n) is 3.95. The molecule has 0 aliphatic carbocycles. The van der Waals surface area contributed by atoms with E-state index < -0.39 is 0 Å². The summed E-state index contributed by atoms with van der Waals surface area (Å²) in [5.74, 6) is 0.898. The summed E-state index contributed by atoms with van der Waals surface area (Å²) in [6.45, 7) is 4.56. The Balaban J connectivity index is 1.59. The molecule has 2 aromatic carbocycles. The topological polar surface area (TPSA) is 46.9 Å². The lowest BCUT2D eigenvalue weighted by Crippen LogP contribution is -2.25. The first-order valence-electron chi connectivity index (χ1n) is 8.08. The van der Waals surface area contributed by atoms with Crippen molar-refractivity contribution in [3.05, 3.63) is 83.4 Å². The average molecular weight is 319 g/mol. The van der Waals surface area contributed by atoms with Crippen LogP contribution in [-0.4, -0.2) is 22.0 Å². The zero-order valence-electron chi connectivity index (χ0n) is 14.0. The van der Waals surface area contributed by atoms with Crippen LogP contribution < -0.4 is 5.32 Å². The molecule has 1 N–H and O–H groups in total. The number of nitrogens with one attached hydrogen (secondary N) is 1. The molecule has 3 rings (SSSR count). The van der Waals surface area contributed by atoms with Crippen molar-refractivity contribution in [3.8, 4) is 5.69 Å². The third kappa shape index (κ3) is 3.71. The molecule has 1 aromatic heterocycles. The molecule has 0 unspecified atom stereocenters. The Morgan fingerprint density at radius 1 is 1.04 bits per heavy atom. The Morgan fingerprint density at radius 2 is 1.75 bits per heavy atom. The lowest BCUT2D eigenvalue weighted by Gasteiger charge is -2.04. The molecule has 3 aromatic rings. The summed E-state index contributed by atoms with van der Waals surface area (Å²) in [6.07, 6.45) is 2.74. The van der Waals surface area contributed by atoms with Gasteiger partial charge in [-0.25, -0.2) is 4.98 Å². The van der Waals surface area contributed by atoms with E-state index in [4.69, 9.17) is 0 Å². The van der Waals surface area contributed by atoms with Crippen LogP contribution in [0.25, 0.3) is 5.69 Å². The Labute approximate surface area is 142 Å². The highest BCUT2D eigenvalue weighted by molar-refractivity contribution is 5.94. The SMILES string of the molecule is Cc1ccc(C(=O)NCCc2cn(-c3ccccc3)c(C)n2)cc1. The average Bonchev–Trinajstić information content (AvgIpc) is 2.97. The largest absolute Gasteiger partial charge is 0.352 e. The second-order valence-electron chi connectivity index (χ2n) is 5.86. The van der Waals surface area contributed by atoms with Crippen molar-refractivity contribution in [2.24, 2.45) is 0 Å². The van der Waals surface area contributed by atoms with Crippen LogP contribution in [0.3, 0.4) is 0 Å². The van der Waals surface area contributed by atoms with Crippen molar-refractivity contribution < 1.29 is 4.79 Å². The fourth-order valence-corrected chi connectivity index (χ4v) is 2.61. The Hall–Kier alpha value is -2.88. The van der Waals surface area contributed by atoms with Gasteiger partial charge in [0.2, 0.25) is 0 Å². The summed E-state index contributed by atoms with van der Waals surface area (Å²) >= 11 is 0. The molecule has 0 fully saturated rings. The number of carbonyl (C=O) groups is 1. The normalized spacial score (nSPS) is 10.6. The number of rotatable bonds is 5. The van der Waals surface area contributed by atoms with Crippen molar-refractivity contribution in [3.63, 3.8) is 0 Å². The number of hydrogen-bond acceptors (Lipinski definition) is 2. The van der Waals surface area contributed by atoms with Gasteiger partial charge in [0.15, 0.2) is 0 Å². The minimum atomic E-state index is -0.0470. The first-order chi connectivity index (χ1) is 11.6. The zero-order valence-corrected chi connectivity index (χ0v) is 14.0. The van der Waals surface area contributed by atoms with E-state index in [1.54, 1.807) is 0 Å². The molecule has 0 spiro atoms. The van der Waals surface area contributed by atoms with Gasteiger partial charge in [0, 0.05) is 30.4 Å². The van der Waals surface area contributed by atoms with E-state index >= 15 is 0 Å². The highest BCUT2D eigenvalue weighted by atomic mass is 16.1. The van der Waals surface area contributed by atoms with E-state index in [-0.39, 0.29) is 5.91 Å². The van der Waals surface area contributed by atoms with Gasteiger partial charge < -0.3 is 9.88 Å². The van der Waals surface area contributed by atoms with E-state index in [1.807, 2.05) is 62.5 Å². The maximum Gasteiger partial charge on any atom is 0.251 e. The summed E-state index contributed by atoms with van der Waals surface area (Å²) in [5.41, 5.74) is 3.90. The van der Waals surface area contributed by atoms with Gasteiger partial charge in [0.1, 0.15) is 5.82 Å². The third-order valence-corrected chi connectivity index (χ3v) is 3.95. The highest BCUT2D eigenvalue weighted by Gasteiger charge is 2.08. The Morgan fingerprint density at radius 3 is 2.46 bits per heavy atom. The van der Waals surface area contributed by atoms with Crippen LogP contribution in [0.2, 0.25) is 0 Å². The van der Waals surface area contributed by atoms with E-state index in [0.29, 0.717) is 18.5 Å². The van der Waals surface area contributed by atoms with Gasteiger partial charge >= 0.3 is 0 Å². The van der Waals surface area contributed by atoms with Crippen molar-refractivity contribution in [1.82, 2.24) is 14.9 Å². The van der Waals surface area contributed by atoms with Gasteiger partial charge in [-0.05, 0) is 38.1 Å². The molecule has 0 atom stereocenters. The van der Waals surface area contributed by atoms with Gasteiger partial charge in [-0.15, -0.1) is 0 Å². The number of hydrogen-bond donors (Lipinski definition) is 1. The molecular weight excluding hydrogens is 298 g/mol. The molecule has 0 radical (unpaired) electrons. The molecule has 122 valence electrons. The van der Waals surface area contributed by atoms with Crippen LogP contribution in [0.4, 0.5) is 0 Å². The Kier molecular flexibility index (Phi) is 4.75. The first-order valence-corrected chi connectivity index (χ1v) is 8.08. The van der Waals surface area contributed by atoms with Gasteiger partial charge in [0.05, 0.1) is 5.69 Å². The molecule has 1 heterocycles. The summed E-state index contributed by atoms with van der Waals surface area (Å²) in [7, 11) is 0. The molecule has 0 saturated carbocycles. The number of aromatic nitrogens is 2. The predicted octanol–water partition coefficient (Wildman–Crippen LogP) is 3.46. The lowest BCUT2D eigenvalue weighted by atomic mass is 10.1. The number of carbonyl (C=O) groups excluding carboxylic acids is 1. The maximum absolute atomic E-state index is 12.1. The molecule has 4 heteroatoms. The number of nitrogens with zero attached hydrogens (tertiary/aromatic N) is 2. The zero-order chi connectivity index (χ0) is 16.9. The molecule has 24 heavy (non-hydrogen) atoms. The summed E-state index contributed by atoms with van der Waals surface area (Å²) in [6, 6.07) is 17.7. The van der Waals surface area contributed by atoms with Crippen LogP contribution in [0.15, 0.2) is 60.8 Å². The van der Waals surface area contributed by atoms with Crippen molar-refractivity contribution >= 4 is 5.91 Å². The molecule has 0 aliphatic heterocycles. The van der Waals surface area contributed by atoms with E-state index in [1.165, 1.54) is 0 Å². The van der Waals surface area contributed by atoms with Crippen LogP contribution in [0.1, 0.15) is 27.4 Å². The summed E-state index contributed by atoms with van der Waals surface area (Å²) < 4.78 is 2.07. The van der Waals surface area contributed by atoms with Crippen molar-refractivity contribution in [1.29, 1.82) is 0 Å². The van der Waals surface area contributed by atoms with Gasteiger partial charge in [-0.1, -0.05) is 35.9 Å². The second-order valence-corrected chi connectivity index (χ2v) is 5.86. The van der Waals surface area contributed by atoms with Gasteiger partial charge in [-0.3, -0.25) is 4.79 Å². The fraction of sp³-hybridized carbons (Fsp3) is 0.200. The van der Waals surface area contributed by atoms with Crippen LogP contribution >= 0.6 is 0 Å². The minimum absolute atomic E-state index is 0.0470. The number of para-hydroxylation sites is 1. The summed E-state index contributed by atoms with van der Waals surface area (Å²) in [4.78, 5) is 16.7. The molecular formula is C20H21N3O. The smallest absolute Gasteiger partial charge is 0.251 e. The summed E-state index contributed by atoms with van der Waals surface area (Å²) in [5, 5.41) is 2.95. The highest BCUT2D eigenvalue weighted by Crippen LogP contribution is 2.12. The van der Waals surface area contributed by atoms with E-state index in [9.17, 15) is 4.79 Å². The van der Waals surface area contributed by atoms with Crippen LogP contribution in [0, 0.1) is 13.8 Å². The van der Waals surface area contributed by atoms with E-state index in [2.05, 4.69) is 27.0 Å². The Bertz CT molecular complexity index is 820. The van der Waals surface area contributed by atoms with Gasteiger partial charge in [0.25, 0.3) is 5.91 Å².